The van der Waals surface area contributed by atoms with E-state index >= 15 is 0 Å². The monoisotopic (exact) mass is 421 g/mol. The van der Waals surface area contributed by atoms with Crippen molar-refractivity contribution >= 4 is 16.0 Å². The van der Waals surface area contributed by atoms with E-state index in [1.807, 2.05) is 12.1 Å². The maximum atomic E-state index is 12.8. The average Bonchev–Trinajstić information content (AvgIpc) is 3.22. The topological polar surface area (TPSA) is 77.0 Å². The summed E-state index contributed by atoms with van der Waals surface area (Å²) in [5.41, 5.74) is 1.03. The van der Waals surface area contributed by atoms with E-state index < -0.39 is 10.0 Å². The van der Waals surface area contributed by atoms with Crippen LogP contribution in [-0.4, -0.2) is 69.4 Å². The summed E-state index contributed by atoms with van der Waals surface area (Å²) >= 11 is 0. The number of sulfonamides is 1. The molecule has 1 atom stereocenters. The van der Waals surface area contributed by atoms with Crippen LogP contribution in [0, 0.1) is 0 Å². The fourth-order valence-corrected chi connectivity index (χ4v) is 5.71. The van der Waals surface area contributed by atoms with Crippen LogP contribution in [0.4, 0.5) is 0 Å². The van der Waals surface area contributed by atoms with Crippen LogP contribution in [0.25, 0.3) is 0 Å². The van der Waals surface area contributed by atoms with Gasteiger partial charge < -0.3 is 10.6 Å². The van der Waals surface area contributed by atoms with Crippen molar-refractivity contribution in [3.8, 4) is 0 Å². The molecule has 0 aromatic heterocycles. The zero-order chi connectivity index (χ0) is 20.7. The number of piperidine rings is 1. The molecule has 0 saturated carbocycles. The first-order valence-electron chi connectivity index (χ1n) is 10.8. The summed E-state index contributed by atoms with van der Waals surface area (Å²) in [6.07, 6.45) is 5.50. The van der Waals surface area contributed by atoms with Crippen LogP contribution in [0.3, 0.4) is 0 Å². The summed E-state index contributed by atoms with van der Waals surface area (Å²) in [6, 6.07) is 7.77. The highest BCUT2D eigenvalue weighted by molar-refractivity contribution is 7.89. The van der Waals surface area contributed by atoms with Gasteiger partial charge in [-0.25, -0.2) is 8.42 Å². The number of aliphatic imine (C=N–C) groups is 1. The minimum absolute atomic E-state index is 0.381. The largest absolute Gasteiger partial charge is 0.355 e. The number of rotatable bonds is 7. The van der Waals surface area contributed by atoms with Crippen molar-refractivity contribution < 1.29 is 8.42 Å². The van der Waals surface area contributed by atoms with E-state index in [9.17, 15) is 8.42 Å². The molecule has 0 spiro atoms. The van der Waals surface area contributed by atoms with Gasteiger partial charge in [0.05, 0.1) is 4.90 Å². The van der Waals surface area contributed by atoms with Crippen LogP contribution in [0.15, 0.2) is 34.2 Å². The molecule has 0 aliphatic carbocycles. The van der Waals surface area contributed by atoms with Crippen molar-refractivity contribution in [2.24, 2.45) is 4.99 Å². The third kappa shape index (κ3) is 5.71. The van der Waals surface area contributed by atoms with E-state index in [2.05, 4.69) is 27.4 Å². The lowest BCUT2D eigenvalue weighted by atomic mass is 10.2. The molecule has 0 radical (unpaired) electrons. The molecule has 2 saturated heterocycles. The number of likely N-dealkylation sites (N-methyl/N-ethyl adjacent to an activating group) is 1. The standard InChI is InChI=1S/C21H35N5O2S/c1-3-25-13-7-8-19(25)17-24-21(22-2)23-16-18-9-11-20(12-10-18)29(27,28)26-14-5-4-6-15-26/h9-12,19H,3-8,13-17H2,1-2H3,(H2,22,23,24). The zero-order valence-electron chi connectivity index (χ0n) is 17.7. The number of guanidine groups is 1. The van der Waals surface area contributed by atoms with E-state index in [0.29, 0.717) is 30.6 Å². The molecule has 1 unspecified atom stereocenters. The van der Waals surface area contributed by atoms with Crippen LogP contribution in [-0.2, 0) is 16.6 Å². The molecule has 7 nitrogen and oxygen atoms in total. The van der Waals surface area contributed by atoms with Gasteiger partial charge in [-0.2, -0.15) is 4.31 Å². The fourth-order valence-electron chi connectivity index (χ4n) is 4.20. The molecule has 1 aromatic rings. The van der Waals surface area contributed by atoms with Gasteiger partial charge in [0.2, 0.25) is 10.0 Å². The Labute approximate surface area is 175 Å². The molecule has 2 aliphatic rings. The van der Waals surface area contributed by atoms with E-state index in [-0.39, 0.29) is 0 Å². The smallest absolute Gasteiger partial charge is 0.243 e. The third-order valence-electron chi connectivity index (χ3n) is 5.97. The molecule has 0 amide bonds. The van der Waals surface area contributed by atoms with E-state index in [4.69, 9.17) is 0 Å². The number of likely N-dealkylation sites (tertiary alicyclic amines) is 1. The first-order chi connectivity index (χ1) is 14.0. The maximum absolute atomic E-state index is 12.8. The van der Waals surface area contributed by atoms with Gasteiger partial charge in [-0.15, -0.1) is 0 Å². The van der Waals surface area contributed by atoms with E-state index in [0.717, 1.165) is 43.9 Å². The Bertz CT molecular complexity index is 773. The normalized spacial score (nSPS) is 22.0. The molecule has 2 heterocycles. The van der Waals surface area contributed by atoms with Gasteiger partial charge in [0.25, 0.3) is 0 Å². The van der Waals surface area contributed by atoms with Gasteiger partial charge >= 0.3 is 0 Å². The minimum Gasteiger partial charge on any atom is -0.355 e. The zero-order valence-corrected chi connectivity index (χ0v) is 18.5. The Morgan fingerprint density at radius 3 is 2.45 bits per heavy atom. The summed E-state index contributed by atoms with van der Waals surface area (Å²) in [7, 11) is -1.59. The molecule has 2 aliphatic heterocycles. The van der Waals surface area contributed by atoms with Crippen molar-refractivity contribution in [2.75, 3.05) is 39.8 Å². The lowest BCUT2D eigenvalue weighted by molar-refractivity contribution is 0.267. The molecule has 8 heteroatoms. The van der Waals surface area contributed by atoms with Gasteiger partial charge in [-0.1, -0.05) is 25.5 Å². The first-order valence-corrected chi connectivity index (χ1v) is 12.3. The van der Waals surface area contributed by atoms with Crippen molar-refractivity contribution in [1.29, 1.82) is 0 Å². The minimum atomic E-state index is -3.37. The quantitative estimate of drug-likeness (QED) is 0.520. The molecule has 3 rings (SSSR count). The summed E-state index contributed by atoms with van der Waals surface area (Å²) in [6.45, 7) is 7.23. The van der Waals surface area contributed by atoms with Crippen molar-refractivity contribution in [3.63, 3.8) is 0 Å². The highest BCUT2D eigenvalue weighted by Gasteiger charge is 2.26. The van der Waals surface area contributed by atoms with Crippen LogP contribution in [0.1, 0.15) is 44.6 Å². The highest BCUT2D eigenvalue weighted by atomic mass is 32.2. The van der Waals surface area contributed by atoms with Gasteiger partial charge in [-0.05, 0) is 56.5 Å². The Kier molecular flexibility index (Phi) is 7.91. The first kappa shape index (κ1) is 22.1. The van der Waals surface area contributed by atoms with Gasteiger partial charge in [0.1, 0.15) is 0 Å². The number of nitrogens with zero attached hydrogens (tertiary/aromatic N) is 3. The second-order valence-electron chi connectivity index (χ2n) is 7.84. The number of hydrogen-bond donors (Lipinski definition) is 2. The Hall–Kier alpha value is -1.64. The van der Waals surface area contributed by atoms with E-state index in [1.54, 1.807) is 23.5 Å². The number of benzene rings is 1. The summed E-state index contributed by atoms with van der Waals surface area (Å²) in [4.78, 5) is 7.19. The molecule has 162 valence electrons. The molecular formula is C21H35N5O2S. The van der Waals surface area contributed by atoms with Gasteiger partial charge in [-0.3, -0.25) is 9.89 Å². The number of hydrogen-bond acceptors (Lipinski definition) is 4. The van der Waals surface area contributed by atoms with Gasteiger partial charge in [0, 0.05) is 39.3 Å². The van der Waals surface area contributed by atoms with Crippen LogP contribution in [0.5, 0.6) is 0 Å². The Morgan fingerprint density at radius 2 is 1.79 bits per heavy atom. The summed E-state index contributed by atoms with van der Waals surface area (Å²) in [5, 5.41) is 6.74. The molecule has 2 N–H and O–H groups in total. The van der Waals surface area contributed by atoms with Crippen LogP contribution >= 0.6 is 0 Å². The lowest BCUT2D eigenvalue weighted by Crippen LogP contribution is -2.44. The van der Waals surface area contributed by atoms with Crippen LogP contribution in [0.2, 0.25) is 0 Å². The second kappa shape index (κ2) is 10.4. The summed E-state index contributed by atoms with van der Waals surface area (Å²) < 4.78 is 27.1. The predicted octanol–water partition coefficient (Wildman–Crippen LogP) is 2.01. The molecule has 1 aromatic carbocycles. The maximum Gasteiger partial charge on any atom is 0.243 e. The Morgan fingerprint density at radius 1 is 1.07 bits per heavy atom. The molecule has 2 fully saturated rings. The fraction of sp³-hybridized carbons (Fsp3) is 0.667. The van der Waals surface area contributed by atoms with E-state index in [1.165, 1.54) is 19.4 Å². The second-order valence-corrected chi connectivity index (χ2v) is 9.78. The lowest BCUT2D eigenvalue weighted by Gasteiger charge is -2.26. The molecular weight excluding hydrogens is 386 g/mol. The summed E-state index contributed by atoms with van der Waals surface area (Å²) in [5.74, 6) is 0.776. The third-order valence-corrected chi connectivity index (χ3v) is 7.88. The average molecular weight is 422 g/mol. The van der Waals surface area contributed by atoms with Crippen molar-refractivity contribution in [3.05, 3.63) is 29.8 Å². The van der Waals surface area contributed by atoms with Crippen LogP contribution < -0.4 is 10.6 Å². The number of nitrogens with one attached hydrogen (secondary N) is 2. The van der Waals surface area contributed by atoms with Crippen molar-refractivity contribution in [2.45, 2.75) is 56.5 Å². The highest BCUT2D eigenvalue weighted by Crippen LogP contribution is 2.21. The molecule has 29 heavy (non-hydrogen) atoms. The predicted molar refractivity (Wildman–Crippen MR) is 118 cm³/mol. The Balaban J connectivity index is 1.51. The molecule has 0 bridgehead atoms. The SMILES string of the molecule is CCN1CCCC1CNC(=NC)NCc1ccc(S(=O)(=O)N2CCCCC2)cc1. The van der Waals surface area contributed by atoms with Gasteiger partial charge in [0.15, 0.2) is 5.96 Å². The van der Waals surface area contributed by atoms with Crippen molar-refractivity contribution in [1.82, 2.24) is 19.8 Å².